The quantitative estimate of drug-likeness (QED) is 0.458. The van der Waals surface area contributed by atoms with Crippen molar-refractivity contribution in [3.05, 3.63) is 12.0 Å². The number of carbonyl (C=O) groups excluding carboxylic acids is 1. The van der Waals surface area contributed by atoms with Gasteiger partial charge in [0, 0.05) is 6.08 Å². The third-order valence-corrected chi connectivity index (χ3v) is 1.42. The molecule has 1 aliphatic rings. The van der Waals surface area contributed by atoms with Gasteiger partial charge in [-0.15, -0.1) is 0 Å². The Balaban J connectivity index is 2.50. The maximum Gasteiger partial charge on any atom is 0.237 e. The van der Waals surface area contributed by atoms with Crippen molar-refractivity contribution in [3.8, 4) is 0 Å². The van der Waals surface area contributed by atoms with Crippen molar-refractivity contribution in [1.29, 1.82) is 0 Å². The van der Waals surface area contributed by atoms with E-state index in [0.717, 1.165) is 0 Å². The van der Waals surface area contributed by atoms with Gasteiger partial charge in [0.2, 0.25) is 5.91 Å². The summed E-state index contributed by atoms with van der Waals surface area (Å²) in [5.41, 5.74) is 4.88. The smallest absolute Gasteiger partial charge is 0.237 e. The van der Waals surface area contributed by atoms with Crippen molar-refractivity contribution < 1.29 is 15.0 Å². The van der Waals surface area contributed by atoms with E-state index in [1.807, 2.05) is 0 Å². The highest BCUT2D eigenvalue weighted by Crippen LogP contribution is 2.10. The fourth-order valence-electron chi connectivity index (χ4n) is 0.983. The minimum atomic E-state index is -0.700. The second-order valence-corrected chi connectivity index (χ2v) is 2.44. The monoisotopic (exact) mass is 158 g/mol. The number of hydrogen-bond donors (Lipinski definition) is 3. The van der Waals surface area contributed by atoms with Gasteiger partial charge in [-0.1, -0.05) is 0 Å². The third-order valence-electron chi connectivity index (χ3n) is 1.42. The number of carbonyl (C=O) groups is 1. The molecule has 1 atom stereocenters. The summed E-state index contributed by atoms with van der Waals surface area (Å²) in [6.07, 6.45) is 0.567. The number of nitrogens with zero attached hydrogens (tertiary/aromatic N) is 1. The molecule has 0 saturated carbocycles. The number of primary amides is 1. The van der Waals surface area contributed by atoms with Crippen molar-refractivity contribution in [3.63, 3.8) is 0 Å². The highest BCUT2D eigenvalue weighted by atomic mass is 16.3. The largest absolute Gasteiger partial charge is 0.495 e. The first-order valence-corrected chi connectivity index (χ1v) is 3.21. The average Bonchev–Trinajstić information content (AvgIpc) is 2.09. The second-order valence-electron chi connectivity index (χ2n) is 2.44. The molecule has 1 rings (SSSR count). The molecule has 0 fully saturated rings. The van der Waals surface area contributed by atoms with E-state index in [0.29, 0.717) is 0 Å². The molecule has 5 heteroatoms. The van der Waals surface area contributed by atoms with E-state index >= 15 is 0 Å². The topological polar surface area (TPSA) is 86.8 Å². The Kier molecular flexibility index (Phi) is 2.00. The van der Waals surface area contributed by atoms with Crippen LogP contribution in [-0.2, 0) is 4.79 Å². The van der Waals surface area contributed by atoms with E-state index in [9.17, 15) is 4.79 Å². The highest BCUT2D eigenvalue weighted by Gasteiger charge is 2.21. The standard InChI is InChI=1S/C6H10N2O3/c7-5(10)3-8-2-4(9)1-6(8)11/h1,4,9,11H,2-3H2,(H2,7,10). The molecule has 0 saturated heterocycles. The van der Waals surface area contributed by atoms with Crippen LogP contribution in [0.3, 0.4) is 0 Å². The van der Waals surface area contributed by atoms with Gasteiger partial charge in [-0.2, -0.15) is 0 Å². The van der Waals surface area contributed by atoms with Crippen LogP contribution in [0.1, 0.15) is 0 Å². The first kappa shape index (κ1) is 7.87. The molecular weight excluding hydrogens is 148 g/mol. The molecule has 1 amide bonds. The van der Waals surface area contributed by atoms with Gasteiger partial charge in [0.05, 0.1) is 19.2 Å². The maximum atomic E-state index is 10.4. The molecule has 0 aromatic carbocycles. The van der Waals surface area contributed by atoms with Crippen LogP contribution in [0, 0.1) is 0 Å². The van der Waals surface area contributed by atoms with Crippen LogP contribution in [0.5, 0.6) is 0 Å². The number of β-amino-alcohol motifs (C(OH)–C–C–N with tert-alkyl or cyclic N) is 1. The van der Waals surface area contributed by atoms with Crippen LogP contribution in [0.2, 0.25) is 0 Å². The summed E-state index contributed by atoms with van der Waals surface area (Å²) in [7, 11) is 0. The lowest BCUT2D eigenvalue weighted by molar-refractivity contribution is -0.119. The first-order valence-electron chi connectivity index (χ1n) is 3.21. The number of rotatable bonds is 2. The van der Waals surface area contributed by atoms with Crippen molar-refractivity contribution in [2.24, 2.45) is 5.73 Å². The van der Waals surface area contributed by atoms with E-state index < -0.39 is 12.0 Å². The van der Waals surface area contributed by atoms with Gasteiger partial charge in [-0.05, 0) is 0 Å². The number of hydrogen-bond acceptors (Lipinski definition) is 4. The SMILES string of the molecule is NC(=O)CN1CC(O)C=C1O. The van der Waals surface area contributed by atoms with Crippen LogP contribution in [-0.4, -0.2) is 40.2 Å². The van der Waals surface area contributed by atoms with Gasteiger partial charge >= 0.3 is 0 Å². The zero-order valence-electron chi connectivity index (χ0n) is 5.90. The molecule has 0 radical (unpaired) electrons. The van der Waals surface area contributed by atoms with Crippen LogP contribution in [0.4, 0.5) is 0 Å². The summed E-state index contributed by atoms with van der Waals surface area (Å²) in [6, 6.07) is 0. The highest BCUT2D eigenvalue weighted by molar-refractivity contribution is 5.76. The summed E-state index contributed by atoms with van der Waals surface area (Å²) in [4.78, 5) is 11.7. The molecule has 1 heterocycles. The normalized spacial score (nSPS) is 23.5. The molecule has 11 heavy (non-hydrogen) atoms. The van der Waals surface area contributed by atoms with E-state index in [-0.39, 0.29) is 19.0 Å². The lowest BCUT2D eigenvalue weighted by Crippen LogP contribution is -2.33. The zero-order valence-corrected chi connectivity index (χ0v) is 5.90. The lowest BCUT2D eigenvalue weighted by atomic mass is 10.4. The van der Waals surface area contributed by atoms with E-state index in [1.165, 1.54) is 11.0 Å². The molecular formula is C6H10N2O3. The Labute approximate surface area is 63.7 Å². The molecule has 0 aromatic heterocycles. The van der Waals surface area contributed by atoms with Gasteiger partial charge in [0.1, 0.15) is 0 Å². The average molecular weight is 158 g/mol. The summed E-state index contributed by atoms with van der Waals surface area (Å²) in [5, 5.41) is 18.0. The predicted molar refractivity (Wildman–Crippen MR) is 37.5 cm³/mol. The number of amides is 1. The second kappa shape index (κ2) is 2.79. The van der Waals surface area contributed by atoms with Crippen molar-refractivity contribution >= 4 is 5.91 Å². The molecule has 62 valence electrons. The van der Waals surface area contributed by atoms with Gasteiger partial charge in [0.15, 0.2) is 5.88 Å². The van der Waals surface area contributed by atoms with Crippen molar-refractivity contribution in [2.45, 2.75) is 6.10 Å². The van der Waals surface area contributed by atoms with Crippen molar-refractivity contribution in [1.82, 2.24) is 4.90 Å². The lowest BCUT2D eigenvalue weighted by Gasteiger charge is -2.15. The van der Waals surface area contributed by atoms with Gasteiger partial charge in [0.25, 0.3) is 0 Å². The molecule has 0 spiro atoms. The fourth-order valence-corrected chi connectivity index (χ4v) is 0.983. The Morgan fingerprint density at radius 2 is 2.55 bits per heavy atom. The minimum Gasteiger partial charge on any atom is -0.495 e. The van der Waals surface area contributed by atoms with E-state index in [2.05, 4.69) is 0 Å². The Morgan fingerprint density at radius 3 is 2.91 bits per heavy atom. The van der Waals surface area contributed by atoms with E-state index in [1.54, 1.807) is 0 Å². The molecule has 1 aliphatic heterocycles. The number of aliphatic hydroxyl groups is 2. The van der Waals surface area contributed by atoms with Crippen LogP contribution < -0.4 is 5.73 Å². The van der Waals surface area contributed by atoms with Gasteiger partial charge in [-0.25, -0.2) is 0 Å². The van der Waals surface area contributed by atoms with Gasteiger partial charge < -0.3 is 20.8 Å². The molecule has 0 bridgehead atoms. The third kappa shape index (κ3) is 1.84. The summed E-state index contributed by atoms with van der Waals surface area (Å²) >= 11 is 0. The molecule has 0 aromatic rings. The Hall–Kier alpha value is -1.23. The van der Waals surface area contributed by atoms with Crippen LogP contribution in [0.15, 0.2) is 12.0 Å². The van der Waals surface area contributed by atoms with Crippen LogP contribution >= 0.6 is 0 Å². The molecule has 5 nitrogen and oxygen atoms in total. The fraction of sp³-hybridized carbons (Fsp3) is 0.500. The molecule has 4 N–H and O–H groups in total. The molecule has 0 aliphatic carbocycles. The molecule has 1 unspecified atom stereocenters. The zero-order chi connectivity index (χ0) is 8.43. The summed E-state index contributed by atoms with van der Waals surface area (Å²) in [6.45, 7) is 0.175. The Bertz CT molecular complexity index is 202. The van der Waals surface area contributed by atoms with Crippen molar-refractivity contribution in [2.75, 3.05) is 13.1 Å². The summed E-state index contributed by atoms with van der Waals surface area (Å²) < 4.78 is 0. The van der Waals surface area contributed by atoms with E-state index in [4.69, 9.17) is 15.9 Å². The number of nitrogens with two attached hydrogens (primary N) is 1. The maximum absolute atomic E-state index is 10.4. The first-order chi connectivity index (χ1) is 5.09. The number of aliphatic hydroxyl groups excluding tert-OH is 2. The minimum absolute atomic E-state index is 0.0562. The van der Waals surface area contributed by atoms with Crippen LogP contribution in [0.25, 0.3) is 0 Å². The predicted octanol–water partition coefficient (Wildman–Crippen LogP) is -1.45. The summed E-state index contributed by atoms with van der Waals surface area (Å²) in [5.74, 6) is -0.615. The Morgan fingerprint density at radius 1 is 1.91 bits per heavy atom. The van der Waals surface area contributed by atoms with Gasteiger partial charge in [-0.3, -0.25) is 4.79 Å².